The zero-order chi connectivity index (χ0) is 15.7. The van der Waals surface area contributed by atoms with Crippen LogP contribution in [0.2, 0.25) is 0 Å². The van der Waals surface area contributed by atoms with Crippen molar-refractivity contribution in [2.24, 2.45) is 11.8 Å². The maximum atomic E-state index is 5.63. The predicted octanol–water partition coefficient (Wildman–Crippen LogP) is 4.28. The van der Waals surface area contributed by atoms with Gasteiger partial charge >= 0.3 is 0 Å². The quantitative estimate of drug-likeness (QED) is 0.660. The van der Waals surface area contributed by atoms with Crippen LogP contribution in [0.3, 0.4) is 0 Å². The van der Waals surface area contributed by atoms with Crippen LogP contribution in [0.25, 0.3) is 0 Å². The SMILES string of the molecule is CCNCc1occc1CN(CCC(C)C)CCC(C)C. The molecule has 0 aliphatic rings. The summed E-state index contributed by atoms with van der Waals surface area (Å²) in [5, 5.41) is 3.35. The highest BCUT2D eigenvalue weighted by molar-refractivity contribution is 5.16. The van der Waals surface area contributed by atoms with Crippen molar-refractivity contribution in [3.8, 4) is 0 Å². The predicted molar refractivity (Wildman–Crippen MR) is 90.3 cm³/mol. The molecule has 0 amide bonds. The van der Waals surface area contributed by atoms with Crippen molar-refractivity contribution in [1.29, 1.82) is 0 Å². The molecule has 21 heavy (non-hydrogen) atoms. The molecule has 1 rings (SSSR count). The molecule has 0 saturated heterocycles. The van der Waals surface area contributed by atoms with Gasteiger partial charge in [-0.3, -0.25) is 4.90 Å². The van der Waals surface area contributed by atoms with E-state index in [-0.39, 0.29) is 0 Å². The van der Waals surface area contributed by atoms with Gasteiger partial charge < -0.3 is 9.73 Å². The second-order valence-corrected chi connectivity index (χ2v) is 6.79. The van der Waals surface area contributed by atoms with Gasteiger partial charge in [0.2, 0.25) is 0 Å². The van der Waals surface area contributed by atoms with Crippen LogP contribution in [0, 0.1) is 11.8 Å². The van der Waals surface area contributed by atoms with E-state index in [0.29, 0.717) is 0 Å². The highest BCUT2D eigenvalue weighted by Crippen LogP contribution is 2.16. The van der Waals surface area contributed by atoms with Gasteiger partial charge in [-0.1, -0.05) is 34.6 Å². The Morgan fingerprint density at radius 3 is 2.24 bits per heavy atom. The van der Waals surface area contributed by atoms with Crippen molar-refractivity contribution < 1.29 is 4.42 Å². The lowest BCUT2D eigenvalue weighted by Crippen LogP contribution is -2.28. The lowest BCUT2D eigenvalue weighted by atomic mass is 10.1. The highest BCUT2D eigenvalue weighted by atomic mass is 16.3. The van der Waals surface area contributed by atoms with Crippen molar-refractivity contribution in [2.45, 2.75) is 60.5 Å². The Bertz CT molecular complexity index is 359. The van der Waals surface area contributed by atoms with Crippen LogP contribution in [0.4, 0.5) is 0 Å². The number of rotatable bonds is 11. The van der Waals surface area contributed by atoms with E-state index in [9.17, 15) is 0 Å². The van der Waals surface area contributed by atoms with Gasteiger partial charge in [0.1, 0.15) is 5.76 Å². The Balaban J connectivity index is 2.59. The molecule has 1 heterocycles. The second kappa shape index (κ2) is 10.0. The van der Waals surface area contributed by atoms with Crippen molar-refractivity contribution in [3.05, 3.63) is 23.7 Å². The number of nitrogens with zero attached hydrogens (tertiary/aromatic N) is 1. The number of hydrogen-bond donors (Lipinski definition) is 1. The molecular weight excluding hydrogens is 260 g/mol. The molecule has 3 heteroatoms. The smallest absolute Gasteiger partial charge is 0.122 e. The summed E-state index contributed by atoms with van der Waals surface area (Å²) < 4.78 is 5.63. The normalized spacial score (nSPS) is 12.0. The summed E-state index contributed by atoms with van der Waals surface area (Å²) in [6.07, 6.45) is 4.35. The second-order valence-electron chi connectivity index (χ2n) is 6.79. The largest absolute Gasteiger partial charge is 0.468 e. The van der Waals surface area contributed by atoms with Crippen molar-refractivity contribution in [1.82, 2.24) is 10.2 Å². The Morgan fingerprint density at radius 1 is 1.10 bits per heavy atom. The molecule has 1 N–H and O–H groups in total. The lowest BCUT2D eigenvalue weighted by molar-refractivity contribution is 0.234. The number of furan rings is 1. The standard InChI is InChI=1S/C18H34N2O/c1-6-19-13-18-17(9-12-21-18)14-20(10-7-15(2)3)11-8-16(4)5/h9,12,15-16,19H,6-8,10-11,13-14H2,1-5H3. The molecule has 1 aromatic rings. The van der Waals surface area contributed by atoms with Crippen molar-refractivity contribution >= 4 is 0 Å². The highest BCUT2D eigenvalue weighted by Gasteiger charge is 2.12. The summed E-state index contributed by atoms with van der Waals surface area (Å²) in [6.45, 7) is 16.5. The first kappa shape index (κ1) is 18.2. The van der Waals surface area contributed by atoms with Crippen molar-refractivity contribution in [3.63, 3.8) is 0 Å². The Hall–Kier alpha value is -0.800. The molecule has 0 aliphatic heterocycles. The zero-order valence-corrected chi connectivity index (χ0v) is 14.6. The maximum absolute atomic E-state index is 5.63. The van der Waals surface area contributed by atoms with Crippen LogP contribution in [-0.4, -0.2) is 24.5 Å². The first-order chi connectivity index (χ1) is 10.0. The third-order valence-electron chi connectivity index (χ3n) is 3.81. The van der Waals surface area contributed by atoms with Crippen LogP contribution in [0.15, 0.2) is 16.7 Å². The summed E-state index contributed by atoms with van der Waals surface area (Å²) >= 11 is 0. The zero-order valence-electron chi connectivity index (χ0n) is 14.6. The molecule has 1 aromatic heterocycles. The molecule has 0 aliphatic carbocycles. The number of nitrogens with one attached hydrogen (secondary N) is 1. The molecule has 0 atom stereocenters. The van der Waals surface area contributed by atoms with Gasteiger partial charge in [-0.2, -0.15) is 0 Å². The first-order valence-electron chi connectivity index (χ1n) is 8.51. The topological polar surface area (TPSA) is 28.4 Å². The molecule has 0 spiro atoms. The monoisotopic (exact) mass is 294 g/mol. The fraction of sp³-hybridized carbons (Fsp3) is 0.778. The fourth-order valence-electron chi connectivity index (χ4n) is 2.29. The van der Waals surface area contributed by atoms with Crippen LogP contribution in [0.5, 0.6) is 0 Å². The molecule has 0 saturated carbocycles. The molecule has 122 valence electrons. The maximum Gasteiger partial charge on any atom is 0.122 e. The fourth-order valence-corrected chi connectivity index (χ4v) is 2.29. The van der Waals surface area contributed by atoms with E-state index in [4.69, 9.17) is 4.42 Å². The molecule has 0 radical (unpaired) electrons. The molecule has 0 fully saturated rings. The van der Waals surface area contributed by atoms with Crippen LogP contribution >= 0.6 is 0 Å². The molecule has 0 bridgehead atoms. The minimum Gasteiger partial charge on any atom is -0.468 e. The van der Waals surface area contributed by atoms with Gasteiger partial charge in [-0.25, -0.2) is 0 Å². The third-order valence-corrected chi connectivity index (χ3v) is 3.81. The first-order valence-corrected chi connectivity index (χ1v) is 8.51. The van der Waals surface area contributed by atoms with E-state index in [0.717, 1.165) is 37.2 Å². The van der Waals surface area contributed by atoms with Crippen molar-refractivity contribution in [2.75, 3.05) is 19.6 Å². The molecule has 0 unspecified atom stereocenters. The van der Waals surface area contributed by atoms with Crippen LogP contribution < -0.4 is 5.32 Å². The van der Waals surface area contributed by atoms with Gasteiger partial charge in [0.15, 0.2) is 0 Å². The van der Waals surface area contributed by atoms with Gasteiger partial charge in [0, 0.05) is 12.1 Å². The van der Waals surface area contributed by atoms with Gasteiger partial charge in [-0.05, 0) is 50.4 Å². The van der Waals surface area contributed by atoms with E-state index in [1.165, 1.54) is 31.5 Å². The minimum absolute atomic E-state index is 0.761. The average Bonchev–Trinajstić information content (AvgIpc) is 2.86. The van der Waals surface area contributed by atoms with E-state index < -0.39 is 0 Å². The average molecular weight is 294 g/mol. The molecule has 0 aromatic carbocycles. The van der Waals surface area contributed by atoms with Crippen LogP contribution in [-0.2, 0) is 13.1 Å². The van der Waals surface area contributed by atoms with Gasteiger partial charge in [-0.15, -0.1) is 0 Å². The van der Waals surface area contributed by atoms with E-state index in [1.54, 1.807) is 0 Å². The summed E-state index contributed by atoms with van der Waals surface area (Å²) in [4.78, 5) is 2.58. The van der Waals surface area contributed by atoms with Gasteiger partial charge in [0.05, 0.1) is 12.8 Å². The summed E-state index contributed by atoms with van der Waals surface area (Å²) in [7, 11) is 0. The Kier molecular flexibility index (Phi) is 8.70. The van der Waals surface area contributed by atoms with Gasteiger partial charge in [0.25, 0.3) is 0 Å². The van der Waals surface area contributed by atoms with E-state index in [2.05, 4.69) is 50.9 Å². The summed E-state index contributed by atoms with van der Waals surface area (Å²) in [6, 6.07) is 2.13. The third kappa shape index (κ3) is 7.68. The van der Waals surface area contributed by atoms with E-state index >= 15 is 0 Å². The minimum atomic E-state index is 0.761. The van der Waals surface area contributed by atoms with Crippen LogP contribution in [0.1, 0.15) is 58.8 Å². The summed E-state index contributed by atoms with van der Waals surface area (Å²) in [5.41, 5.74) is 1.34. The Morgan fingerprint density at radius 2 is 1.71 bits per heavy atom. The summed E-state index contributed by atoms with van der Waals surface area (Å²) in [5.74, 6) is 2.62. The molecular formula is C18H34N2O. The number of hydrogen-bond acceptors (Lipinski definition) is 3. The Labute approximate surface area is 131 Å². The molecule has 3 nitrogen and oxygen atoms in total. The van der Waals surface area contributed by atoms with E-state index in [1.807, 2.05) is 6.26 Å². The lowest BCUT2D eigenvalue weighted by Gasteiger charge is -2.24.